The minimum Gasteiger partial charge on any atom is -0.294 e. The average molecular weight is 308 g/mol. The Labute approximate surface area is 124 Å². The number of hydrogen-bond acceptors (Lipinski definition) is 4. The second kappa shape index (κ2) is 6.46. The maximum absolute atomic E-state index is 12.8. The van der Waals surface area contributed by atoms with E-state index in [0.29, 0.717) is 0 Å². The normalized spacial score (nSPS) is 11.2. The third-order valence-electron chi connectivity index (χ3n) is 2.93. The molecule has 0 spiro atoms. The summed E-state index contributed by atoms with van der Waals surface area (Å²) in [5.74, 6) is -1.28. The molecule has 7 heteroatoms. The Morgan fingerprint density at radius 2 is 1.50 bits per heavy atom. The third-order valence-corrected chi connectivity index (χ3v) is 2.93. The number of aromatic nitrogens is 2. The quantitative estimate of drug-likeness (QED) is 0.795. The fourth-order valence-corrected chi connectivity index (χ4v) is 1.89. The SMILES string of the molecule is O=C(CCC(=O)c1ccccc1C(F)(F)F)c1ncccn1. The monoisotopic (exact) mass is 308 g/mol. The molecule has 0 aliphatic carbocycles. The first kappa shape index (κ1) is 15.8. The minimum absolute atomic E-state index is 0.0561. The summed E-state index contributed by atoms with van der Waals surface area (Å²) >= 11 is 0. The number of alkyl halides is 3. The molecule has 4 nitrogen and oxygen atoms in total. The largest absolute Gasteiger partial charge is 0.417 e. The lowest BCUT2D eigenvalue weighted by atomic mass is 9.99. The van der Waals surface area contributed by atoms with E-state index in [1.165, 1.54) is 30.6 Å². The van der Waals surface area contributed by atoms with Crippen molar-refractivity contribution in [2.45, 2.75) is 19.0 Å². The van der Waals surface area contributed by atoms with Gasteiger partial charge in [0.05, 0.1) is 5.56 Å². The zero-order valence-electron chi connectivity index (χ0n) is 11.3. The van der Waals surface area contributed by atoms with E-state index in [1.807, 2.05) is 0 Å². The molecule has 0 N–H and O–H groups in total. The van der Waals surface area contributed by atoms with Gasteiger partial charge >= 0.3 is 6.18 Å². The third kappa shape index (κ3) is 3.75. The summed E-state index contributed by atoms with van der Waals surface area (Å²) in [5.41, 5.74) is -1.43. The van der Waals surface area contributed by atoms with E-state index in [-0.39, 0.29) is 18.7 Å². The number of benzene rings is 1. The molecule has 0 radical (unpaired) electrons. The van der Waals surface area contributed by atoms with Crippen LogP contribution in [0.2, 0.25) is 0 Å². The first-order chi connectivity index (χ1) is 10.4. The molecule has 0 aliphatic rings. The summed E-state index contributed by atoms with van der Waals surface area (Å²) in [6.07, 6.45) is -2.43. The molecule has 0 amide bonds. The average Bonchev–Trinajstić information content (AvgIpc) is 2.52. The first-order valence-electron chi connectivity index (χ1n) is 6.39. The Hall–Kier alpha value is -2.57. The molecule has 1 heterocycles. The smallest absolute Gasteiger partial charge is 0.294 e. The van der Waals surface area contributed by atoms with Crippen molar-refractivity contribution in [2.75, 3.05) is 0 Å². The van der Waals surface area contributed by atoms with E-state index in [9.17, 15) is 22.8 Å². The Kier molecular flexibility index (Phi) is 4.65. The van der Waals surface area contributed by atoms with Gasteiger partial charge in [0.2, 0.25) is 0 Å². The summed E-state index contributed by atoms with van der Waals surface area (Å²) in [6, 6.07) is 6.04. The molecule has 0 fully saturated rings. The lowest BCUT2D eigenvalue weighted by Gasteiger charge is -2.11. The van der Waals surface area contributed by atoms with Crippen molar-refractivity contribution in [1.29, 1.82) is 0 Å². The van der Waals surface area contributed by atoms with Crippen molar-refractivity contribution < 1.29 is 22.8 Å². The number of carbonyl (C=O) groups excluding carboxylic acids is 2. The van der Waals surface area contributed by atoms with E-state index in [0.717, 1.165) is 12.1 Å². The van der Waals surface area contributed by atoms with E-state index in [4.69, 9.17) is 0 Å². The number of Topliss-reactive ketones (excluding diaryl/α,β-unsaturated/α-hetero) is 2. The Morgan fingerprint density at radius 1 is 0.909 bits per heavy atom. The second-order valence-corrected chi connectivity index (χ2v) is 4.46. The van der Waals surface area contributed by atoms with Crippen LogP contribution in [-0.4, -0.2) is 21.5 Å². The Bertz CT molecular complexity index is 685. The molecule has 0 bridgehead atoms. The molecule has 0 saturated heterocycles. The van der Waals surface area contributed by atoms with Crippen LogP contribution in [-0.2, 0) is 6.18 Å². The maximum atomic E-state index is 12.8. The molecule has 114 valence electrons. The topological polar surface area (TPSA) is 59.9 Å². The molecule has 22 heavy (non-hydrogen) atoms. The van der Waals surface area contributed by atoms with Gasteiger partial charge in [-0.1, -0.05) is 18.2 Å². The van der Waals surface area contributed by atoms with Gasteiger partial charge in [0, 0.05) is 30.8 Å². The molecular weight excluding hydrogens is 297 g/mol. The van der Waals surface area contributed by atoms with Crippen molar-refractivity contribution in [2.24, 2.45) is 0 Å². The van der Waals surface area contributed by atoms with Crippen LogP contribution < -0.4 is 0 Å². The molecular formula is C15H11F3N2O2. The highest BCUT2D eigenvalue weighted by Gasteiger charge is 2.34. The molecule has 1 aromatic carbocycles. The minimum atomic E-state index is -4.61. The van der Waals surface area contributed by atoms with Crippen molar-refractivity contribution in [3.63, 3.8) is 0 Å². The zero-order valence-corrected chi connectivity index (χ0v) is 11.3. The predicted molar refractivity (Wildman–Crippen MR) is 71.4 cm³/mol. The van der Waals surface area contributed by atoms with Crippen LogP contribution in [0, 0.1) is 0 Å². The summed E-state index contributed by atoms with van der Waals surface area (Å²) in [6.45, 7) is 0. The second-order valence-electron chi connectivity index (χ2n) is 4.46. The van der Waals surface area contributed by atoms with Crippen LogP contribution in [0.5, 0.6) is 0 Å². The highest BCUT2D eigenvalue weighted by molar-refractivity contribution is 6.01. The van der Waals surface area contributed by atoms with Gasteiger partial charge in [-0.05, 0) is 12.1 Å². The van der Waals surface area contributed by atoms with Gasteiger partial charge < -0.3 is 0 Å². The Balaban J connectivity index is 2.09. The molecule has 0 aliphatic heterocycles. The van der Waals surface area contributed by atoms with E-state index < -0.39 is 28.9 Å². The van der Waals surface area contributed by atoms with Crippen LogP contribution in [0.4, 0.5) is 13.2 Å². The number of halogens is 3. The van der Waals surface area contributed by atoms with E-state index in [2.05, 4.69) is 9.97 Å². The van der Waals surface area contributed by atoms with Gasteiger partial charge in [0.25, 0.3) is 0 Å². The van der Waals surface area contributed by atoms with Crippen LogP contribution in [0.1, 0.15) is 39.4 Å². The molecule has 2 rings (SSSR count). The molecule has 2 aromatic rings. The van der Waals surface area contributed by atoms with Gasteiger partial charge in [-0.25, -0.2) is 9.97 Å². The van der Waals surface area contributed by atoms with Crippen LogP contribution in [0.25, 0.3) is 0 Å². The lowest BCUT2D eigenvalue weighted by Crippen LogP contribution is -2.14. The van der Waals surface area contributed by atoms with Crippen molar-refractivity contribution in [1.82, 2.24) is 9.97 Å². The first-order valence-corrected chi connectivity index (χ1v) is 6.39. The maximum Gasteiger partial charge on any atom is 0.417 e. The number of rotatable bonds is 5. The fraction of sp³-hybridized carbons (Fsp3) is 0.200. The fourth-order valence-electron chi connectivity index (χ4n) is 1.89. The van der Waals surface area contributed by atoms with Crippen molar-refractivity contribution in [3.8, 4) is 0 Å². The van der Waals surface area contributed by atoms with E-state index >= 15 is 0 Å². The highest BCUT2D eigenvalue weighted by atomic mass is 19.4. The highest BCUT2D eigenvalue weighted by Crippen LogP contribution is 2.32. The van der Waals surface area contributed by atoms with Gasteiger partial charge in [-0.15, -0.1) is 0 Å². The standard InChI is InChI=1S/C15H11F3N2O2/c16-15(17,18)11-5-2-1-4-10(11)12(21)6-7-13(22)14-19-8-3-9-20-14/h1-5,8-9H,6-7H2. The molecule has 0 unspecified atom stereocenters. The van der Waals surface area contributed by atoms with Gasteiger partial charge in [0.15, 0.2) is 17.4 Å². The number of ketones is 2. The van der Waals surface area contributed by atoms with E-state index in [1.54, 1.807) is 0 Å². The van der Waals surface area contributed by atoms with Gasteiger partial charge in [-0.2, -0.15) is 13.2 Å². The molecule has 0 atom stereocenters. The van der Waals surface area contributed by atoms with Gasteiger partial charge in [0.1, 0.15) is 0 Å². The number of carbonyl (C=O) groups is 2. The number of nitrogens with zero attached hydrogens (tertiary/aromatic N) is 2. The summed E-state index contributed by atoms with van der Waals surface area (Å²) < 4.78 is 38.5. The summed E-state index contributed by atoms with van der Waals surface area (Å²) in [4.78, 5) is 31.2. The van der Waals surface area contributed by atoms with Crippen LogP contribution in [0.3, 0.4) is 0 Å². The zero-order chi connectivity index (χ0) is 16.2. The predicted octanol–water partition coefficient (Wildman–Crippen LogP) is 3.34. The van der Waals surface area contributed by atoms with Crippen LogP contribution in [0.15, 0.2) is 42.7 Å². The van der Waals surface area contributed by atoms with Crippen molar-refractivity contribution in [3.05, 3.63) is 59.7 Å². The van der Waals surface area contributed by atoms with Crippen LogP contribution >= 0.6 is 0 Å². The number of hydrogen-bond donors (Lipinski definition) is 0. The molecule has 0 saturated carbocycles. The summed E-state index contributed by atoms with van der Waals surface area (Å²) in [5, 5.41) is 0. The Morgan fingerprint density at radius 3 is 2.14 bits per heavy atom. The summed E-state index contributed by atoms with van der Waals surface area (Å²) in [7, 11) is 0. The van der Waals surface area contributed by atoms with Gasteiger partial charge in [-0.3, -0.25) is 9.59 Å². The lowest BCUT2D eigenvalue weighted by molar-refractivity contribution is -0.137. The van der Waals surface area contributed by atoms with Crippen molar-refractivity contribution >= 4 is 11.6 Å². The molecule has 1 aromatic heterocycles.